The summed E-state index contributed by atoms with van der Waals surface area (Å²) in [6.45, 7) is 0.502. The Labute approximate surface area is 160 Å². The number of benzene rings is 1. The van der Waals surface area contributed by atoms with Crippen molar-refractivity contribution < 1.29 is 4.39 Å². The molecule has 130 valence electrons. The highest BCUT2D eigenvalue weighted by atomic mass is 127. The summed E-state index contributed by atoms with van der Waals surface area (Å²) in [6.07, 6.45) is 9.53. The maximum Gasteiger partial charge on any atom is 0.189 e. The average molecular weight is 451 g/mol. The molecule has 0 saturated heterocycles. The van der Waals surface area contributed by atoms with Gasteiger partial charge in [-0.2, -0.15) is 11.8 Å². The standard InChI is InChI=1S/C17H26FN3S.HI/c1-22-12-14-10-15(18)9-8-13(14)11-20-17(19)21-16-6-4-2-3-5-7-16;/h8-10,16H,2-7,11-12H2,1H3,(H3,19,20,21);1H. The number of nitrogens with two attached hydrogens (primary N) is 1. The molecule has 1 aliphatic carbocycles. The number of hydrogen-bond acceptors (Lipinski definition) is 2. The fraction of sp³-hybridized carbons (Fsp3) is 0.588. The predicted octanol–water partition coefficient (Wildman–Crippen LogP) is 4.43. The van der Waals surface area contributed by atoms with E-state index >= 15 is 0 Å². The van der Waals surface area contributed by atoms with Crippen LogP contribution in [0, 0.1) is 5.82 Å². The second-order valence-electron chi connectivity index (χ2n) is 5.88. The molecule has 0 bridgehead atoms. The minimum absolute atomic E-state index is 0. The number of nitrogens with zero attached hydrogens (tertiary/aromatic N) is 1. The summed E-state index contributed by atoms with van der Waals surface area (Å²) in [6, 6.07) is 5.34. The van der Waals surface area contributed by atoms with Crippen molar-refractivity contribution in [2.45, 2.75) is 56.9 Å². The van der Waals surface area contributed by atoms with E-state index in [0.717, 1.165) is 16.9 Å². The lowest BCUT2D eigenvalue weighted by atomic mass is 10.1. The summed E-state index contributed by atoms with van der Waals surface area (Å²) in [5.41, 5.74) is 8.06. The SMILES string of the molecule is CSCc1cc(F)ccc1CN=C(N)NC1CCCCCC1.I. The second kappa shape index (κ2) is 11.1. The Bertz CT molecular complexity index is 503. The van der Waals surface area contributed by atoms with E-state index < -0.39 is 0 Å². The minimum Gasteiger partial charge on any atom is -0.370 e. The van der Waals surface area contributed by atoms with Crippen LogP contribution in [0.1, 0.15) is 49.7 Å². The molecular formula is C17H27FIN3S. The molecule has 0 heterocycles. The topological polar surface area (TPSA) is 50.4 Å². The zero-order chi connectivity index (χ0) is 15.8. The maximum atomic E-state index is 13.3. The first-order chi connectivity index (χ1) is 10.7. The van der Waals surface area contributed by atoms with Gasteiger partial charge in [-0.05, 0) is 42.4 Å². The number of halogens is 2. The van der Waals surface area contributed by atoms with Gasteiger partial charge in [-0.1, -0.05) is 31.7 Å². The van der Waals surface area contributed by atoms with Crippen molar-refractivity contribution in [1.29, 1.82) is 0 Å². The Hall–Kier alpha value is -0.500. The quantitative estimate of drug-likeness (QED) is 0.301. The third kappa shape index (κ3) is 7.28. The van der Waals surface area contributed by atoms with Crippen molar-refractivity contribution in [2.24, 2.45) is 10.7 Å². The lowest BCUT2D eigenvalue weighted by molar-refractivity contribution is 0.530. The van der Waals surface area contributed by atoms with E-state index in [-0.39, 0.29) is 29.8 Å². The molecule has 1 saturated carbocycles. The van der Waals surface area contributed by atoms with Crippen LogP contribution in [0.5, 0.6) is 0 Å². The normalized spacial score (nSPS) is 16.5. The van der Waals surface area contributed by atoms with Gasteiger partial charge < -0.3 is 11.1 Å². The largest absolute Gasteiger partial charge is 0.370 e. The van der Waals surface area contributed by atoms with E-state index in [4.69, 9.17) is 5.73 Å². The average Bonchev–Trinajstić information content (AvgIpc) is 2.75. The van der Waals surface area contributed by atoms with Crippen LogP contribution < -0.4 is 11.1 Å². The molecule has 0 amide bonds. The summed E-state index contributed by atoms with van der Waals surface area (Å²) in [5.74, 6) is 1.10. The molecule has 0 radical (unpaired) electrons. The molecule has 0 unspecified atom stereocenters. The molecule has 6 heteroatoms. The van der Waals surface area contributed by atoms with Gasteiger partial charge in [-0.3, -0.25) is 0 Å². The van der Waals surface area contributed by atoms with Crippen molar-refractivity contribution >= 4 is 41.7 Å². The van der Waals surface area contributed by atoms with Crippen LogP contribution in [0.3, 0.4) is 0 Å². The van der Waals surface area contributed by atoms with Gasteiger partial charge in [0.25, 0.3) is 0 Å². The Kier molecular flexibility index (Phi) is 9.94. The van der Waals surface area contributed by atoms with Crippen molar-refractivity contribution in [2.75, 3.05) is 6.26 Å². The van der Waals surface area contributed by atoms with Gasteiger partial charge in [0, 0.05) is 11.8 Å². The summed E-state index contributed by atoms with van der Waals surface area (Å²) in [7, 11) is 0. The zero-order valence-electron chi connectivity index (χ0n) is 13.7. The van der Waals surface area contributed by atoms with Crippen molar-refractivity contribution in [3.05, 3.63) is 35.1 Å². The number of hydrogen-bond donors (Lipinski definition) is 2. The molecule has 0 spiro atoms. The van der Waals surface area contributed by atoms with E-state index in [1.165, 1.54) is 44.6 Å². The fourth-order valence-corrected chi connectivity index (χ4v) is 3.47. The summed E-state index contributed by atoms with van der Waals surface area (Å²) >= 11 is 1.68. The van der Waals surface area contributed by atoms with E-state index in [2.05, 4.69) is 10.3 Å². The predicted molar refractivity (Wildman–Crippen MR) is 109 cm³/mol. The van der Waals surface area contributed by atoms with Crippen molar-refractivity contribution in [1.82, 2.24) is 5.32 Å². The summed E-state index contributed by atoms with van der Waals surface area (Å²) in [4.78, 5) is 4.44. The molecule has 3 nitrogen and oxygen atoms in total. The zero-order valence-corrected chi connectivity index (χ0v) is 16.8. The van der Waals surface area contributed by atoms with E-state index in [1.54, 1.807) is 17.8 Å². The van der Waals surface area contributed by atoms with Gasteiger partial charge in [0.05, 0.1) is 6.54 Å². The summed E-state index contributed by atoms with van der Waals surface area (Å²) < 4.78 is 13.3. The molecule has 1 aliphatic rings. The van der Waals surface area contributed by atoms with Gasteiger partial charge in [0.2, 0.25) is 0 Å². The fourth-order valence-electron chi connectivity index (χ4n) is 2.89. The van der Waals surface area contributed by atoms with Crippen LogP contribution in [-0.4, -0.2) is 18.3 Å². The Morgan fingerprint density at radius 2 is 1.96 bits per heavy atom. The Morgan fingerprint density at radius 1 is 1.26 bits per heavy atom. The van der Waals surface area contributed by atoms with Gasteiger partial charge in [0.1, 0.15) is 5.82 Å². The van der Waals surface area contributed by atoms with Gasteiger partial charge >= 0.3 is 0 Å². The van der Waals surface area contributed by atoms with E-state index in [0.29, 0.717) is 18.5 Å². The lowest BCUT2D eigenvalue weighted by Gasteiger charge is -2.17. The smallest absolute Gasteiger partial charge is 0.189 e. The molecule has 3 N–H and O–H groups in total. The molecule has 23 heavy (non-hydrogen) atoms. The Balaban J connectivity index is 0.00000264. The third-order valence-corrected chi connectivity index (χ3v) is 4.69. The van der Waals surface area contributed by atoms with E-state index in [9.17, 15) is 4.39 Å². The first kappa shape index (κ1) is 20.5. The maximum absolute atomic E-state index is 13.3. The van der Waals surface area contributed by atoms with Crippen LogP contribution >= 0.6 is 35.7 Å². The molecule has 1 aromatic carbocycles. The molecule has 1 aromatic rings. The first-order valence-electron chi connectivity index (χ1n) is 8.01. The second-order valence-corrected chi connectivity index (χ2v) is 6.75. The molecule has 2 rings (SSSR count). The van der Waals surface area contributed by atoms with Crippen LogP contribution in [-0.2, 0) is 12.3 Å². The molecular weight excluding hydrogens is 424 g/mol. The van der Waals surface area contributed by atoms with Gasteiger partial charge in [0.15, 0.2) is 5.96 Å². The molecule has 0 aromatic heterocycles. The molecule has 0 atom stereocenters. The highest BCUT2D eigenvalue weighted by Crippen LogP contribution is 2.18. The molecule has 1 fully saturated rings. The van der Waals surface area contributed by atoms with Crippen LogP contribution in [0.25, 0.3) is 0 Å². The summed E-state index contributed by atoms with van der Waals surface area (Å²) in [5, 5.41) is 3.34. The van der Waals surface area contributed by atoms with Gasteiger partial charge in [-0.25, -0.2) is 9.38 Å². The monoisotopic (exact) mass is 451 g/mol. The minimum atomic E-state index is -0.193. The number of thioether (sulfide) groups is 1. The van der Waals surface area contributed by atoms with Crippen LogP contribution in [0.2, 0.25) is 0 Å². The molecule has 0 aliphatic heterocycles. The van der Waals surface area contributed by atoms with Gasteiger partial charge in [-0.15, -0.1) is 24.0 Å². The van der Waals surface area contributed by atoms with Crippen molar-refractivity contribution in [3.8, 4) is 0 Å². The van der Waals surface area contributed by atoms with Crippen LogP contribution in [0.15, 0.2) is 23.2 Å². The highest BCUT2D eigenvalue weighted by molar-refractivity contribution is 14.0. The lowest BCUT2D eigenvalue weighted by Crippen LogP contribution is -2.39. The number of nitrogens with one attached hydrogen (secondary N) is 1. The van der Waals surface area contributed by atoms with E-state index in [1.807, 2.05) is 12.3 Å². The first-order valence-corrected chi connectivity index (χ1v) is 9.41. The third-order valence-electron chi connectivity index (χ3n) is 4.10. The number of guanidine groups is 1. The Morgan fingerprint density at radius 3 is 2.61 bits per heavy atom. The number of aliphatic imine (C=N–C) groups is 1. The van der Waals surface area contributed by atoms with Crippen LogP contribution in [0.4, 0.5) is 4.39 Å². The number of rotatable bonds is 5. The highest BCUT2D eigenvalue weighted by Gasteiger charge is 2.12. The van der Waals surface area contributed by atoms with Crippen molar-refractivity contribution in [3.63, 3.8) is 0 Å².